The van der Waals surface area contributed by atoms with Crippen LogP contribution in [0.5, 0.6) is 0 Å². The van der Waals surface area contributed by atoms with Gasteiger partial charge in [0.25, 0.3) is 11.6 Å². The predicted molar refractivity (Wildman–Crippen MR) is 113 cm³/mol. The lowest BCUT2D eigenvalue weighted by Crippen LogP contribution is -2.66. The molecule has 14 nitrogen and oxygen atoms in total. The second kappa shape index (κ2) is 11.9. The maximum atomic E-state index is 12.8. The molecule has 1 aromatic rings. The van der Waals surface area contributed by atoms with Crippen LogP contribution in [0.2, 0.25) is 0 Å². The first-order chi connectivity index (χ1) is 16.4. The molecule has 190 valence electrons. The topological polar surface area (TPSA) is 187 Å². The molecular weight excluding hydrogens is 472 g/mol. The van der Waals surface area contributed by atoms with E-state index < -0.39 is 72.0 Å². The molecule has 0 aromatic heterocycles. The van der Waals surface area contributed by atoms with Gasteiger partial charge in [0.2, 0.25) is 0 Å². The summed E-state index contributed by atoms with van der Waals surface area (Å²) in [5, 5.41) is 13.3. The first kappa shape index (κ1) is 27.2. The van der Waals surface area contributed by atoms with Crippen molar-refractivity contribution in [3.8, 4) is 0 Å². The number of ether oxygens (including phenoxy) is 5. The third kappa shape index (κ3) is 7.74. The average molecular weight is 496 g/mol. The second-order valence-corrected chi connectivity index (χ2v) is 7.40. The van der Waals surface area contributed by atoms with Gasteiger partial charge in [0.15, 0.2) is 24.5 Å². The highest BCUT2D eigenvalue weighted by Gasteiger charge is 2.52. The minimum atomic E-state index is -1.48. The molecule has 1 fully saturated rings. The van der Waals surface area contributed by atoms with Gasteiger partial charge in [0.05, 0.1) is 4.92 Å². The zero-order chi connectivity index (χ0) is 26.3. The lowest BCUT2D eigenvalue weighted by molar-refractivity contribution is -0.384. The van der Waals surface area contributed by atoms with E-state index in [-0.39, 0.29) is 11.3 Å². The van der Waals surface area contributed by atoms with Gasteiger partial charge in [-0.1, -0.05) is 0 Å². The van der Waals surface area contributed by atoms with Crippen LogP contribution >= 0.6 is 0 Å². The summed E-state index contributed by atoms with van der Waals surface area (Å²) in [6.07, 6.45) is -6.99. The maximum Gasteiger partial charge on any atom is 0.303 e. The quantitative estimate of drug-likeness (QED) is 0.226. The maximum absolute atomic E-state index is 12.8. The van der Waals surface area contributed by atoms with Crippen LogP contribution in [0.25, 0.3) is 0 Å². The molecule has 1 aromatic carbocycles. The Kier molecular flexibility index (Phi) is 9.22. The van der Waals surface area contributed by atoms with Crippen molar-refractivity contribution >= 4 is 35.5 Å². The van der Waals surface area contributed by atoms with Crippen LogP contribution in [-0.4, -0.2) is 72.0 Å². The number of esters is 4. The molecule has 5 atom stereocenters. The van der Waals surface area contributed by atoms with E-state index in [1.165, 1.54) is 12.1 Å². The SMILES string of the molecule is CC(=O)OC[C@H]1O[C@@H](NC(=O)c2ccc([N+](=O)[O-])cc2)[C@H](OC(C)=O)[C@@H](OC(C)=O)[C@@H]1OC(C)=O. The number of rotatable bonds is 8. The number of benzene rings is 1. The number of non-ortho nitro benzene ring substituents is 1. The Morgan fingerprint density at radius 3 is 1.86 bits per heavy atom. The minimum absolute atomic E-state index is 0.00320. The summed E-state index contributed by atoms with van der Waals surface area (Å²) in [6.45, 7) is 3.88. The highest BCUT2D eigenvalue weighted by molar-refractivity contribution is 5.94. The molecule has 0 saturated carbocycles. The van der Waals surface area contributed by atoms with Crippen molar-refractivity contribution in [2.75, 3.05) is 6.61 Å². The molecule has 1 aliphatic heterocycles. The van der Waals surface area contributed by atoms with E-state index in [1.54, 1.807) is 0 Å². The Labute approximate surface area is 198 Å². The number of amides is 1. The third-order valence-electron chi connectivity index (χ3n) is 4.60. The zero-order valence-corrected chi connectivity index (χ0v) is 19.2. The standard InChI is InChI=1S/C21H24N2O12/c1-10(24)31-9-16-17(32-11(2)25)18(33-12(3)26)19(34-13(4)27)21(35-16)22-20(28)14-5-7-15(8-6-14)23(29)30/h5-8,16-19,21H,9H2,1-4H3,(H,22,28)/t16-,17-,18+,19-,21-/m1/s1. The normalized spacial score (nSPS) is 23.4. The Morgan fingerprint density at radius 2 is 1.37 bits per heavy atom. The van der Waals surface area contributed by atoms with Gasteiger partial charge in [-0.15, -0.1) is 0 Å². The van der Waals surface area contributed by atoms with E-state index in [2.05, 4.69) is 5.32 Å². The summed E-state index contributed by atoms with van der Waals surface area (Å²) in [5.74, 6) is -3.91. The highest BCUT2D eigenvalue weighted by Crippen LogP contribution is 2.28. The first-order valence-electron chi connectivity index (χ1n) is 10.2. The lowest BCUT2D eigenvalue weighted by atomic mass is 9.97. The molecule has 0 spiro atoms. The molecule has 2 rings (SSSR count). The number of nitrogens with zero attached hydrogens (tertiary/aromatic N) is 1. The zero-order valence-electron chi connectivity index (χ0n) is 19.2. The van der Waals surface area contributed by atoms with E-state index >= 15 is 0 Å². The Balaban J connectivity index is 2.42. The minimum Gasteiger partial charge on any atom is -0.463 e. The molecule has 14 heteroatoms. The number of hydrogen-bond donors (Lipinski definition) is 1. The van der Waals surface area contributed by atoms with Crippen LogP contribution in [0.15, 0.2) is 24.3 Å². The van der Waals surface area contributed by atoms with E-state index in [4.69, 9.17) is 23.7 Å². The largest absolute Gasteiger partial charge is 0.463 e. The van der Waals surface area contributed by atoms with Gasteiger partial charge >= 0.3 is 23.9 Å². The number of hydrogen-bond acceptors (Lipinski definition) is 12. The van der Waals surface area contributed by atoms with Crippen molar-refractivity contribution < 1.29 is 52.6 Å². The Hall–Kier alpha value is -4.07. The number of carbonyl (C=O) groups is 5. The summed E-state index contributed by atoms with van der Waals surface area (Å²) >= 11 is 0. The molecule has 1 N–H and O–H groups in total. The molecule has 0 radical (unpaired) electrons. The summed E-state index contributed by atoms with van der Waals surface area (Å²) in [5.41, 5.74) is -0.239. The van der Waals surface area contributed by atoms with E-state index in [1.807, 2.05) is 0 Å². The first-order valence-corrected chi connectivity index (χ1v) is 10.2. The fourth-order valence-electron chi connectivity index (χ4n) is 3.29. The third-order valence-corrected chi connectivity index (χ3v) is 4.60. The molecular formula is C21H24N2O12. The average Bonchev–Trinajstić information content (AvgIpc) is 2.75. The number of nitro groups is 1. The molecule has 1 heterocycles. The van der Waals surface area contributed by atoms with Gasteiger partial charge in [-0.25, -0.2) is 0 Å². The molecule has 0 unspecified atom stereocenters. The molecule has 0 aliphatic carbocycles. The van der Waals surface area contributed by atoms with Gasteiger partial charge in [0, 0.05) is 45.4 Å². The molecule has 1 aliphatic rings. The van der Waals surface area contributed by atoms with Crippen LogP contribution in [0.4, 0.5) is 5.69 Å². The van der Waals surface area contributed by atoms with Crippen LogP contribution in [0.1, 0.15) is 38.1 Å². The number of carbonyl (C=O) groups excluding carboxylic acids is 5. The van der Waals surface area contributed by atoms with Crippen molar-refractivity contribution in [2.24, 2.45) is 0 Å². The van der Waals surface area contributed by atoms with Crippen molar-refractivity contribution in [2.45, 2.75) is 58.3 Å². The van der Waals surface area contributed by atoms with Gasteiger partial charge in [-0.3, -0.25) is 34.1 Å². The summed E-state index contributed by atoms with van der Waals surface area (Å²) in [6, 6.07) is 4.61. The fraction of sp³-hybridized carbons (Fsp3) is 0.476. The van der Waals surface area contributed by atoms with Crippen LogP contribution in [0.3, 0.4) is 0 Å². The van der Waals surface area contributed by atoms with Gasteiger partial charge in [-0.05, 0) is 12.1 Å². The second-order valence-electron chi connectivity index (χ2n) is 7.40. The predicted octanol–water partition coefficient (Wildman–Crippen LogP) is 0.408. The summed E-state index contributed by atoms with van der Waals surface area (Å²) < 4.78 is 26.5. The monoisotopic (exact) mass is 496 g/mol. The van der Waals surface area contributed by atoms with Crippen molar-refractivity contribution in [3.05, 3.63) is 39.9 Å². The van der Waals surface area contributed by atoms with Crippen molar-refractivity contribution in [3.63, 3.8) is 0 Å². The smallest absolute Gasteiger partial charge is 0.303 e. The van der Waals surface area contributed by atoms with Gasteiger partial charge in [-0.2, -0.15) is 0 Å². The van der Waals surface area contributed by atoms with Crippen LogP contribution in [0, 0.1) is 10.1 Å². The Morgan fingerprint density at radius 1 is 0.857 bits per heavy atom. The van der Waals surface area contributed by atoms with Crippen LogP contribution < -0.4 is 5.32 Å². The van der Waals surface area contributed by atoms with E-state index in [9.17, 15) is 34.1 Å². The lowest BCUT2D eigenvalue weighted by Gasteiger charge is -2.44. The summed E-state index contributed by atoms with van der Waals surface area (Å²) in [4.78, 5) is 69.7. The van der Waals surface area contributed by atoms with Gasteiger partial charge < -0.3 is 29.0 Å². The molecule has 1 amide bonds. The molecule has 35 heavy (non-hydrogen) atoms. The number of nitrogens with one attached hydrogen (secondary N) is 1. The van der Waals surface area contributed by atoms with Crippen molar-refractivity contribution in [1.29, 1.82) is 0 Å². The fourth-order valence-corrected chi connectivity index (χ4v) is 3.29. The highest BCUT2D eigenvalue weighted by atomic mass is 16.7. The van der Waals surface area contributed by atoms with Gasteiger partial charge in [0.1, 0.15) is 12.7 Å². The molecule has 1 saturated heterocycles. The van der Waals surface area contributed by atoms with Crippen molar-refractivity contribution in [1.82, 2.24) is 5.32 Å². The summed E-state index contributed by atoms with van der Waals surface area (Å²) in [7, 11) is 0. The number of nitro benzene ring substituents is 1. The van der Waals surface area contributed by atoms with E-state index in [0.29, 0.717) is 0 Å². The molecule has 0 bridgehead atoms. The van der Waals surface area contributed by atoms with Crippen LogP contribution in [-0.2, 0) is 42.9 Å². The Bertz CT molecular complexity index is 993. The van der Waals surface area contributed by atoms with E-state index in [0.717, 1.165) is 39.8 Å².